The number of nitrogens with zero attached hydrogens (tertiary/aromatic N) is 1. The van der Waals surface area contributed by atoms with Gasteiger partial charge in [0.15, 0.2) is 0 Å². The van der Waals surface area contributed by atoms with Crippen molar-refractivity contribution >= 4 is 16.9 Å². The number of pyridine rings is 1. The van der Waals surface area contributed by atoms with Crippen molar-refractivity contribution in [3.63, 3.8) is 0 Å². The molecule has 4 aromatic rings. The minimum absolute atomic E-state index is 0.268. The van der Waals surface area contributed by atoms with Gasteiger partial charge in [-0.15, -0.1) is 0 Å². The van der Waals surface area contributed by atoms with Gasteiger partial charge in [0.2, 0.25) is 5.88 Å². The van der Waals surface area contributed by atoms with Gasteiger partial charge in [0.25, 0.3) is 0 Å². The van der Waals surface area contributed by atoms with Crippen LogP contribution in [0.25, 0.3) is 10.9 Å². The van der Waals surface area contributed by atoms with Gasteiger partial charge >= 0.3 is 5.97 Å². The monoisotopic (exact) mass is 455 g/mol. The summed E-state index contributed by atoms with van der Waals surface area (Å²) in [5.74, 6) is 1.25. The van der Waals surface area contributed by atoms with E-state index in [1.54, 1.807) is 0 Å². The summed E-state index contributed by atoms with van der Waals surface area (Å²) < 4.78 is 17.4. The first-order chi connectivity index (χ1) is 16.5. The van der Waals surface area contributed by atoms with E-state index in [1.165, 1.54) is 0 Å². The Morgan fingerprint density at radius 1 is 0.882 bits per heavy atom. The Hall–Kier alpha value is -3.86. The summed E-state index contributed by atoms with van der Waals surface area (Å²) in [5.41, 5.74) is 4.12. The molecule has 5 nitrogen and oxygen atoms in total. The number of para-hydroxylation sites is 1. The van der Waals surface area contributed by atoms with E-state index in [2.05, 4.69) is 4.98 Å². The number of hydrogen-bond acceptors (Lipinski definition) is 5. The van der Waals surface area contributed by atoms with Crippen LogP contribution in [0.5, 0.6) is 11.6 Å². The van der Waals surface area contributed by atoms with Crippen molar-refractivity contribution in [2.75, 3.05) is 6.61 Å². The maximum atomic E-state index is 12.7. The van der Waals surface area contributed by atoms with Crippen molar-refractivity contribution in [2.24, 2.45) is 5.92 Å². The molecule has 4 rings (SSSR count). The van der Waals surface area contributed by atoms with E-state index in [9.17, 15) is 4.79 Å². The molecule has 0 fully saturated rings. The van der Waals surface area contributed by atoms with E-state index in [0.29, 0.717) is 30.4 Å². The first kappa shape index (κ1) is 23.3. The highest BCUT2D eigenvalue weighted by Gasteiger charge is 2.16. The van der Waals surface area contributed by atoms with Gasteiger partial charge in [-0.05, 0) is 48.2 Å². The van der Waals surface area contributed by atoms with Crippen molar-refractivity contribution in [3.8, 4) is 11.6 Å². The second-order valence-corrected chi connectivity index (χ2v) is 8.67. The SMILES string of the molecule is Cc1cccc(COc2cccc(COc3ccc4ccccc4n3)c2)c1C(=O)OCC(C)C. The Balaban J connectivity index is 1.41. The molecule has 1 heterocycles. The Morgan fingerprint density at radius 2 is 1.71 bits per heavy atom. The zero-order valence-corrected chi connectivity index (χ0v) is 19.8. The van der Waals surface area contributed by atoms with E-state index in [-0.39, 0.29) is 18.5 Å². The van der Waals surface area contributed by atoms with E-state index >= 15 is 0 Å². The first-order valence-electron chi connectivity index (χ1n) is 11.5. The molecule has 0 radical (unpaired) electrons. The predicted molar refractivity (Wildman–Crippen MR) is 133 cm³/mol. The second-order valence-electron chi connectivity index (χ2n) is 8.67. The second kappa shape index (κ2) is 10.8. The molecule has 5 heteroatoms. The average Bonchev–Trinajstić information content (AvgIpc) is 2.85. The van der Waals surface area contributed by atoms with E-state index in [1.807, 2.05) is 99.6 Å². The molecule has 0 N–H and O–H groups in total. The fraction of sp³-hybridized carbons (Fsp3) is 0.241. The third-order valence-corrected chi connectivity index (χ3v) is 5.36. The molecular formula is C29H29NO4. The van der Waals surface area contributed by atoms with Crippen molar-refractivity contribution in [1.29, 1.82) is 0 Å². The molecule has 0 aliphatic heterocycles. The van der Waals surface area contributed by atoms with Gasteiger partial charge in [-0.25, -0.2) is 9.78 Å². The van der Waals surface area contributed by atoms with Gasteiger partial charge in [-0.3, -0.25) is 0 Å². The lowest BCUT2D eigenvalue weighted by molar-refractivity contribution is 0.0455. The third kappa shape index (κ3) is 5.93. The number of aryl methyl sites for hydroxylation is 1. The summed E-state index contributed by atoms with van der Waals surface area (Å²) in [6.45, 7) is 6.98. The lowest BCUT2D eigenvalue weighted by atomic mass is 10.0. The molecule has 0 aliphatic rings. The van der Waals surface area contributed by atoms with Crippen LogP contribution in [-0.4, -0.2) is 17.6 Å². The van der Waals surface area contributed by atoms with Crippen LogP contribution >= 0.6 is 0 Å². The number of fused-ring (bicyclic) bond motifs is 1. The van der Waals surface area contributed by atoms with Gasteiger partial charge in [-0.1, -0.05) is 62.4 Å². The van der Waals surface area contributed by atoms with Crippen molar-refractivity contribution in [3.05, 3.63) is 101 Å². The van der Waals surface area contributed by atoms with Crippen molar-refractivity contribution in [2.45, 2.75) is 34.0 Å². The standard InChI is InChI=1S/C29H29NO4/c1-20(2)17-34-29(31)28-21(3)8-6-11-24(28)19-32-25-12-7-9-22(16-25)18-33-27-15-14-23-10-4-5-13-26(23)30-27/h4-16,20H,17-19H2,1-3H3. The predicted octanol–water partition coefficient (Wildman–Crippen LogP) is 6.51. The Labute approximate surface area is 200 Å². The molecule has 0 amide bonds. The summed E-state index contributed by atoms with van der Waals surface area (Å²) in [4.78, 5) is 17.2. The van der Waals surface area contributed by atoms with Crippen LogP contribution in [0.15, 0.2) is 78.9 Å². The highest BCUT2D eigenvalue weighted by atomic mass is 16.5. The number of carbonyl (C=O) groups is 1. The van der Waals surface area contributed by atoms with Crippen LogP contribution < -0.4 is 9.47 Å². The topological polar surface area (TPSA) is 57.7 Å². The van der Waals surface area contributed by atoms with Gasteiger partial charge in [0.1, 0.15) is 19.0 Å². The number of aromatic nitrogens is 1. The van der Waals surface area contributed by atoms with Crippen LogP contribution in [-0.2, 0) is 18.0 Å². The zero-order valence-electron chi connectivity index (χ0n) is 19.8. The minimum atomic E-state index is -0.310. The van der Waals surface area contributed by atoms with Crippen molar-refractivity contribution < 1.29 is 19.0 Å². The van der Waals surface area contributed by atoms with Crippen LogP contribution in [0.1, 0.15) is 40.9 Å². The summed E-state index contributed by atoms with van der Waals surface area (Å²) in [6.07, 6.45) is 0. The number of esters is 1. The molecule has 0 aliphatic carbocycles. The van der Waals surface area contributed by atoms with E-state index in [4.69, 9.17) is 14.2 Å². The molecule has 174 valence electrons. The lowest BCUT2D eigenvalue weighted by Gasteiger charge is -2.14. The van der Waals surface area contributed by atoms with Gasteiger partial charge in [0, 0.05) is 17.0 Å². The van der Waals surface area contributed by atoms with Gasteiger partial charge < -0.3 is 14.2 Å². The maximum absolute atomic E-state index is 12.7. The molecule has 3 aromatic carbocycles. The molecular weight excluding hydrogens is 426 g/mol. The quantitative estimate of drug-likeness (QED) is 0.269. The summed E-state index contributed by atoms with van der Waals surface area (Å²) in [6, 6.07) is 25.3. The highest BCUT2D eigenvalue weighted by Crippen LogP contribution is 2.22. The first-order valence-corrected chi connectivity index (χ1v) is 11.5. The Kier molecular flexibility index (Phi) is 7.43. The minimum Gasteiger partial charge on any atom is -0.489 e. The summed E-state index contributed by atoms with van der Waals surface area (Å²) in [7, 11) is 0. The number of benzene rings is 3. The fourth-order valence-electron chi connectivity index (χ4n) is 3.63. The fourth-order valence-corrected chi connectivity index (χ4v) is 3.63. The lowest BCUT2D eigenvalue weighted by Crippen LogP contribution is -2.14. The smallest absolute Gasteiger partial charge is 0.338 e. The number of carbonyl (C=O) groups excluding carboxylic acids is 1. The summed E-state index contributed by atoms with van der Waals surface area (Å²) >= 11 is 0. The normalized spacial score (nSPS) is 10.9. The molecule has 0 unspecified atom stereocenters. The Morgan fingerprint density at radius 3 is 2.56 bits per heavy atom. The molecule has 0 bridgehead atoms. The molecule has 34 heavy (non-hydrogen) atoms. The van der Waals surface area contributed by atoms with Gasteiger partial charge in [-0.2, -0.15) is 0 Å². The Bertz CT molecular complexity index is 1280. The number of rotatable bonds is 9. The zero-order chi connectivity index (χ0) is 23.9. The van der Waals surface area contributed by atoms with Crippen LogP contribution in [0.3, 0.4) is 0 Å². The number of ether oxygens (including phenoxy) is 3. The third-order valence-electron chi connectivity index (χ3n) is 5.36. The molecule has 0 spiro atoms. The van der Waals surface area contributed by atoms with Crippen LogP contribution in [0.4, 0.5) is 0 Å². The highest BCUT2D eigenvalue weighted by molar-refractivity contribution is 5.92. The van der Waals surface area contributed by atoms with Crippen LogP contribution in [0.2, 0.25) is 0 Å². The molecule has 0 saturated heterocycles. The van der Waals surface area contributed by atoms with Crippen LogP contribution in [0, 0.1) is 12.8 Å². The van der Waals surface area contributed by atoms with Gasteiger partial charge in [0.05, 0.1) is 17.7 Å². The largest absolute Gasteiger partial charge is 0.489 e. The molecule has 0 saturated carbocycles. The van der Waals surface area contributed by atoms with E-state index in [0.717, 1.165) is 27.6 Å². The molecule has 1 aromatic heterocycles. The molecule has 0 atom stereocenters. The maximum Gasteiger partial charge on any atom is 0.338 e. The van der Waals surface area contributed by atoms with Crippen molar-refractivity contribution in [1.82, 2.24) is 4.98 Å². The number of hydrogen-bond donors (Lipinski definition) is 0. The average molecular weight is 456 g/mol. The summed E-state index contributed by atoms with van der Waals surface area (Å²) in [5, 5.41) is 1.08. The van der Waals surface area contributed by atoms with E-state index < -0.39 is 0 Å².